The molecular weight excluding hydrogens is 232 g/mol. The summed E-state index contributed by atoms with van der Waals surface area (Å²) < 4.78 is 0. The number of para-hydroxylation sites is 1. The Kier molecular flexibility index (Phi) is 8.31. The highest BCUT2D eigenvalue weighted by atomic mass is 15.1. The molecule has 0 amide bonds. The van der Waals surface area contributed by atoms with E-state index >= 15 is 0 Å². The lowest BCUT2D eigenvalue weighted by Crippen LogP contribution is -2.24. The standard InChI is InChI=1S/C17H30N2/c1-3-5-6-7-8-11-14-19(4-2)15-16-12-9-10-13-17(16)18/h9-10,12-13H,3-8,11,14-15,18H2,1-2H3. The second-order valence-electron chi connectivity index (χ2n) is 5.34. The zero-order valence-electron chi connectivity index (χ0n) is 12.7. The number of nitrogen functional groups attached to an aromatic ring is 1. The molecule has 2 N–H and O–H groups in total. The van der Waals surface area contributed by atoms with Gasteiger partial charge in [-0.3, -0.25) is 4.90 Å². The maximum absolute atomic E-state index is 6.01. The number of rotatable bonds is 10. The van der Waals surface area contributed by atoms with Crippen LogP contribution in [-0.4, -0.2) is 18.0 Å². The summed E-state index contributed by atoms with van der Waals surface area (Å²) in [5, 5.41) is 0. The summed E-state index contributed by atoms with van der Waals surface area (Å²) in [4.78, 5) is 2.49. The van der Waals surface area contributed by atoms with Crippen molar-refractivity contribution in [2.75, 3.05) is 18.8 Å². The number of hydrogen-bond acceptors (Lipinski definition) is 2. The molecule has 0 aliphatic rings. The highest BCUT2D eigenvalue weighted by Gasteiger charge is 2.05. The smallest absolute Gasteiger partial charge is 0.0359 e. The van der Waals surface area contributed by atoms with Gasteiger partial charge in [0.25, 0.3) is 0 Å². The summed E-state index contributed by atoms with van der Waals surface area (Å²) in [6.45, 7) is 7.78. The molecule has 1 aromatic carbocycles. The van der Waals surface area contributed by atoms with Gasteiger partial charge in [-0.25, -0.2) is 0 Å². The first-order valence-corrected chi connectivity index (χ1v) is 7.83. The number of benzene rings is 1. The van der Waals surface area contributed by atoms with Gasteiger partial charge < -0.3 is 5.73 Å². The van der Waals surface area contributed by atoms with Gasteiger partial charge in [-0.1, -0.05) is 64.2 Å². The van der Waals surface area contributed by atoms with Gasteiger partial charge in [-0.05, 0) is 31.1 Å². The molecule has 2 nitrogen and oxygen atoms in total. The molecule has 0 aliphatic heterocycles. The van der Waals surface area contributed by atoms with Crippen LogP contribution in [0.5, 0.6) is 0 Å². The molecule has 108 valence electrons. The van der Waals surface area contributed by atoms with Crippen LogP contribution in [0.3, 0.4) is 0 Å². The molecule has 0 atom stereocenters. The third-order valence-electron chi connectivity index (χ3n) is 3.72. The van der Waals surface area contributed by atoms with Crippen LogP contribution in [0.4, 0.5) is 5.69 Å². The van der Waals surface area contributed by atoms with E-state index in [4.69, 9.17) is 5.73 Å². The molecule has 0 bridgehead atoms. The van der Waals surface area contributed by atoms with Gasteiger partial charge >= 0.3 is 0 Å². The van der Waals surface area contributed by atoms with Crippen molar-refractivity contribution >= 4 is 5.69 Å². The Labute approximate surface area is 119 Å². The Morgan fingerprint density at radius 2 is 1.63 bits per heavy atom. The second kappa shape index (κ2) is 9.85. The van der Waals surface area contributed by atoms with E-state index in [0.29, 0.717) is 0 Å². The monoisotopic (exact) mass is 262 g/mol. The first-order chi connectivity index (χ1) is 9.27. The predicted molar refractivity (Wildman–Crippen MR) is 85.2 cm³/mol. The topological polar surface area (TPSA) is 29.3 Å². The summed E-state index contributed by atoms with van der Waals surface area (Å²) in [5.74, 6) is 0. The maximum Gasteiger partial charge on any atom is 0.0359 e. The van der Waals surface area contributed by atoms with Crippen LogP contribution in [-0.2, 0) is 6.54 Å². The minimum Gasteiger partial charge on any atom is -0.398 e. The van der Waals surface area contributed by atoms with Crippen LogP contribution in [0.25, 0.3) is 0 Å². The molecule has 0 aromatic heterocycles. The second-order valence-corrected chi connectivity index (χ2v) is 5.34. The van der Waals surface area contributed by atoms with Crippen LogP contribution in [0, 0.1) is 0 Å². The molecule has 1 aromatic rings. The highest BCUT2D eigenvalue weighted by Crippen LogP contribution is 2.14. The Morgan fingerprint density at radius 1 is 0.947 bits per heavy atom. The van der Waals surface area contributed by atoms with E-state index < -0.39 is 0 Å². The lowest BCUT2D eigenvalue weighted by atomic mass is 10.1. The number of nitrogens with two attached hydrogens (primary N) is 1. The van der Waals surface area contributed by atoms with Gasteiger partial charge in [-0.2, -0.15) is 0 Å². The summed E-state index contributed by atoms with van der Waals surface area (Å²) in [6, 6.07) is 8.21. The fraction of sp³-hybridized carbons (Fsp3) is 0.647. The lowest BCUT2D eigenvalue weighted by molar-refractivity contribution is 0.273. The molecule has 0 saturated carbocycles. The van der Waals surface area contributed by atoms with E-state index in [2.05, 4.69) is 30.9 Å². The first-order valence-electron chi connectivity index (χ1n) is 7.83. The molecule has 0 heterocycles. The van der Waals surface area contributed by atoms with Gasteiger partial charge in [0.05, 0.1) is 0 Å². The highest BCUT2D eigenvalue weighted by molar-refractivity contribution is 5.46. The Morgan fingerprint density at radius 3 is 2.32 bits per heavy atom. The molecule has 19 heavy (non-hydrogen) atoms. The van der Waals surface area contributed by atoms with E-state index in [1.807, 2.05) is 12.1 Å². The quantitative estimate of drug-likeness (QED) is 0.498. The third kappa shape index (κ3) is 6.63. The molecule has 2 heteroatoms. The van der Waals surface area contributed by atoms with E-state index in [0.717, 1.165) is 18.8 Å². The predicted octanol–water partition coefficient (Wildman–Crippen LogP) is 4.45. The molecular formula is C17H30N2. The summed E-state index contributed by atoms with van der Waals surface area (Å²) in [6.07, 6.45) is 8.17. The van der Waals surface area contributed by atoms with E-state index in [9.17, 15) is 0 Å². The van der Waals surface area contributed by atoms with Crippen LogP contribution in [0.2, 0.25) is 0 Å². The van der Waals surface area contributed by atoms with Crippen LogP contribution in [0.15, 0.2) is 24.3 Å². The molecule has 0 saturated heterocycles. The number of nitrogens with zero attached hydrogens (tertiary/aromatic N) is 1. The van der Waals surface area contributed by atoms with Crippen LogP contribution >= 0.6 is 0 Å². The average molecular weight is 262 g/mol. The minimum atomic E-state index is 0.920. The molecule has 0 unspecified atom stereocenters. The molecule has 0 radical (unpaired) electrons. The van der Waals surface area contributed by atoms with Crippen molar-refractivity contribution < 1.29 is 0 Å². The Balaban J connectivity index is 2.24. The first kappa shape index (κ1) is 16.0. The third-order valence-corrected chi connectivity index (χ3v) is 3.72. The maximum atomic E-state index is 6.01. The van der Waals surface area contributed by atoms with Crippen molar-refractivity contribution in [2.24, 2.45) is 0 Å². The van der Waals surface area contributed by atoms with E-state index in [1.165, 1.54) is 50.6 Å². The zero-order valence-corrected chi connectivity index (χ0v) is 12.7. The van der Waals surface area contributed by atoms with Crippen molar-refractivity contribution in [3.8, 4) is 0 Å². The van der Waals surface area contributed by atoms with Gasteiger partial charge in [0, 0.05) is 12.2 Å². The Bertz CT molecular complexity index is 336. The van der Waals surface area contributed by atoms with Crippen molar-refractivity contribution in [3.05, 3.63) is 29.8 Å². The zero-order chi connectivity index (χ0) is 13.9. The summed E-state index contributed by atoms with van der Waals surface area (Å²) in [5.41, 5.74) is 8.19. The summed E-state index contributed by atoms with van der Waals surface area (Å²) in [7, 11) is 0. The van der Waals surface area contributed by atoms with Gasteiger partial charge in [0.15, 0.2) is 0 Å². The average Bonchev–Trinajstić information content (AvgIpc) is 2.43. The fourth-order valence-electron chi connectivity index (χ4n) is 2.38. The normalized spacial score (nSPS) is 11.1. The van der Waals surface area contributed by atoms with Gasteiger partial charge in [0.2, 0.25) is 0 Å². The molecule has 0 aliphatic carbocycles. The Hall–Kier alpha value is -1.02. The summed E-state index contributed by atoms with van der Waals surface area (Å²) >= 11 is 0. The lowest BCUT2D eigenvalue weighted by Gasteiger charge is -2.21. The van der Waals surface area contributed by atoms with Crippen molar-refractivity contribution in [3.63, 3.8) is 0 Å². The fourth-order valence-corrected chi connectivity index (χ4v) is 2.38. The minimum absolute atomic E-state index is 0.920. The van der Waals surface area contributed by atoms with Gasteiger partial charge in [-0.15, -0.1) is 0 Å². The molecule has 0 spiro atoms. The van der Waals surface area contributed by atoms with Gasteiger partial charge in [0.1, 0.15) is 0 Å². The van der Waals surface area contributed by atoms with Crippen molar-refractivity contribution in [1.82, 2.24) is 4.90 Å². The SMILES string of the molecule is CCCCCCCCN(CC)Cc1ccccc1N. The number of unbranched alkanes of at least 4 members (excludes halogenated alkanes) is 5. The number of hydrogen-bond donors (Lipinski definition) is 1. The van der Waals surface area contributed by atoms with Crippen molar-refractivity contribution in [2.45, 2.75) is 58.9 Å². The number of anilines is 1. The van der Waals surface area contributed by atoms with E-state index in [-0.39, 0.29) is 0 Å². The van der Waals surface area contributed by atoms with Crippen molar-refractivity contribution in [1.29, 1.82) is 0 Å². The van der Waals surface area contributed by atoms with E-state index in [1.54, 1.807) is 0 Å². The van der Waals surface area contributed by atoms with Crippen LogP contribution < -0.4 is 5.73 Å². The largest absolute Gasteiger partial charge is 0.398 e. The molecule has 1 rings (SSSR count). The molecule has 0 fully saturated rings. The van der Waals surface area contributed by atoms with Crippen LogP contribution in [0.1, 0.15) is 57.9 Å².